The molecule has 1 N–H and O–H groups in total. The lowest BCUT2D eigenvalue weighted by atomic mass is 10.0. The molecule has 2 fully saturated rings. The van der Waals surface area contributed by atoms with Gasteiger partial charge in [-0.25, -0.2) is 0 Å². The topological polar surface area (TPSA) is 69.7 Å². The third kappa shape index (κ3) is 6.44. The molecule has 0 saturated carbocycles. The maximum atomic E-state index is 13.0. The lowest BCUT2D eigenvalue weighted by Gasteiger charge is -2.33. The lowest BCUT2D eigenvalue weighted by molar-refractivity contribution is -0.137. The van der Waals surface area contributed by atoms with Gasteiger partial charge >= 0.3 is 0 Å². The Kier molecular flexibility index (Phi) is 7.76. The van der Waals surface area contributed by atoms with E-state index in [1.807, 2.05) is 58.3 Å². The normalized spacial score (nSPS) is 19.0. The van der Waals surface area contributed by atoms with Crippen LogP contribution in [0, 0.1) is 5.92 Å². The van der Waals surface area contributed by atoms with Crippen molar-refractivity contribution in [2.45, 2.75) is 44.6 Å². The monoisotopic (exact) mass is 447 g/mol. The molecule has 2 aliphatic heterocycles. The van der Waals surface area contributed by atoms with E-state index in [-0.39, 0.29) is 29.7 Å². The second kappa shape index (κ2) is 11.1. The minimum Gasteiger partial charge on any atom is -0.353 e. The SMILES string of the molecule is O=C(CCc1ccccc1)NC1CCN(C(=O)C2CC(=O)N(CCc3ccccc3)C2)CC1. The van der Waals surface area contributed by atoms with E-state index in [0.717, 1.165) is 31.2 Å². The largest absolute Gasteiger partial charge is 0.353 e. The molecule has 2 aromatic rings. The zero-order valence-electron chi connectivity index (χ0n) is 19.1. The summed E-state index contributed by atoms with van der Waals surface area (Å²) in [6.07, 6.45) is 3.86. The van der Waals surface area contributed by atoms with Gasteiger partial charge in [0.25, 0.3) is 0 Å². The van der Waals surface area contributed by atoms with Crippen LogP contribution in [0.25, 0.3) is 0 Å². The summed E-state index contributed by atoms with van der Waals surface area (Å²) in [7, 11) is 0. The number of nitrogens with one attached hydrogen (secondary N) is 1. The van der Waals surface area contributed by atoms with Gasteiger partial charge in [-0.1, -0.05) is 60.7 Å². The fourth-order valence-electron chi connectivity index (χ4n) is 4.77. The average Bonchev–Trinajstić information content (AvgIpc) is 3.23. The number of benzene rings is 2. The van der Waals surface area contributed by atoms with Gasteiger partial charge in [-0.3, -0.25) is 14.4 Å². The lowest BCUT2D eigenvalue weighted by Crippen LogP contribution is -2.48. The highest BCUT2D eigenvalue weighted by molar-refractivity contribution is 5.89. The van der Waals surface area contributed by atoms with Gasteiger partial charge in [-0.2, -0.15) is 0 Å². The highest BCUT2D eigenvalue weighted by atomic mass is 16.2. The minimum absolute atomic E-state index is 0.0686. The fourth-order valence-corrected chi connectivity index (χ4v) is 4.77. The van der Waals surface area contributed by atoms with Crippen LogP contribution in [0.3, 0.4) is 0 Å². The van der Waals surface area contributed by atoms with Gasteiger partial charge in [0.05, 0.1) is 5.92 Å². The third-order valence-electron chi connectivity index (χ3n) is 6.73. The van der Waals surface area contributed by atoms with Crippen LogP contribution >= 0.6 is 0 Å². The molecule has 33 heavy (non-hydrogen) atoms. The van der Waals surface area contributed by atoms with Crippen molar-refractivity contribution in [3.8, 4) is 0 Å². The molecule has 2 heterocycles. The van der Waals surface area contributed by atoms with Gasteiger partial charge in [0.2, 0.25) is 17.7 Å². The summed E-state index contributed by atoms with van der Waals surface area (Å²) in [6, 6.07) is 20.3. The quantitative estimate of drug-likeness (QED) is 0.677. The number of piperidine rings is 1. The van der Waals surface area contributed by atoms with E-state index < -0.39 is 0 Å². The van der Waals surface area contributed by atoms with Crippen molar-refractivity contribution in [2.75, 3.05) is 26.2 Å². The molecule has 0 radical (unpaired) electrons. The molecule has 0 aromatic heterocycles. The zero-order chi connectivity index (χ0) is 23.0. The Bertz CT molecular complexity index is 940. The Morgan fingerprint density at radius 3 is 2.12 bits per heavy atom. The first-order valence-corrected chi connectivity index (χ1v) is 12.0. The molecular weight excluding hydrogens is 414 g/mol. The Labute approximate surface area is 196 Å². The van der Waals surface area contributed by atoms with Crippen molar-refractivity contribution in [1.82, 2.24) is 15.1 Å². The Morgan fingerprint density at radius 1 is 0.879 bits per heavy atom. The number of aryl methyl sites for hydroxylation is 1. The van der Waals surface area contributed by atoms with Gasteiger partial charge in [0.15, 0.2) is 0 Å². The van der Waals surface area contributed by atoms with E-state index in [4.69, 9.17) is 0 Å². The maximum absolute atomic E-state index is 13.0. The van der Waals surface area contributed by atoms with Gasteiger partial charge in [-0.05, 0) is 36.8 Å². The fraction of sp³-hybridized carbons (Fsp3) is 0.444. The van der Waals surface area contributed by atoms with E-state index in [1.165, 1.54) is 5.56 Å². The average molecular weight is 448 g/mol. The maximum Gasteiger partial charge on any atom is 0.227 e. The molecule has 2 aliphatic rings. The van der Waals surface area contributed by atoms with Crippen LogP contribution in [0.5, 0.6) is 0 Å². The van der Waals surface area contributed by atoms with Crippen molar-refractivity contribution in [3.05, 3.63) is 71.8 Å². The number of nitrogens with zero attached hydrogens (tertiary/aromatic N) is 2. The van der Waals surface area contributed by atoms with Gasteiger partial charge in [0.1, 0.15) is 0 Å². The summed E-state index contributed by atoms with van der Waals surface area (Å²) in [4.78, 5) is 41.5. The summed E-state index contributed by atoms with van der Waals surface area (Å²) in [5.74, 6) is -0.0198. The number of likely N-dealkylation sites (tertiary alicyclic amines) is 2. The second-order valence-electron chi connectivity index (χ2n) is 9.13. The van der Waals surface area contributed by atoms with Crippen LogP contribution in [-0.4, -0.2) is 59.7 Å². The van der Waals surface area contributed by atoms with Crippen molar-refractivity contribution < 1.29 is 14.4 Å². The summed E-state index contributed by atoms with van der Waals surface area (Å²) in [5, 5.41) is 3.13. The van der Waals surface area contributed by atoms with E-state index in [0.29, 0.717) is 39.0 Å². The zero-order valence-corrected chi connectivity index (χ0v) is 19.1. The van der Waals surface area contributed by atoms with E-state index >= 15 is 0 Å². The first-order valence-electron chi connectivity index (χ1n) is 12.0. The molecule has 174 valence electrons. The molecule has 1 unspecified atom stereocenters. The molecule has 1 atom stereocenters. The highest BCUT2D eigenvalue weighted by Crippen LogP contribution is 2.23. The smallest absolute Gasteiger partial charge is 0.227 e. The van der Waals surface area contributed by atoms with Gasteiger partial charge in [-0.15, -0.1) is 0 Å². The van der Waals surface area contributed by atoms with Gasteiger partial charge in [0, 0.05) is 45.1 Å². The number of rotatable bonds is 8. The van der Waals surface area contributed by atoms with Crippen molar-refractivity contribution in [2.24, 2.45) is 5.92 Å². The highest BCUT2D eigenvalue weighted by Gasteiger charge is 2.37. The molecule has 0 bridgehead atoms. The summed E-state index contributed by atoms with van der Waals surface area (Å²) in [6.45, 7) is 2.44. The number of carbonyl (C=O) groups excluding carboxylic acids is 3. The third-order valence-corrected chi connectivity index (χ3v) is 6.73. The molecule has 2 saturated heterocycles. The predicted octanol–water partition coefficient (Wildman–Crippen LogP) is 2.82. The van der Waals surface area contributed by atoms with Crippen LogP contribution in [0.2, 0.25) is 0 Å². The van der Waals surface area contributed by atoms with E-state index in [9.17, 15) is 14.4 Å². The Hall–Kier alpha value is -3.15. The molecule has 0 spiro atoms. The minimum atomic E-state index is -0.245. The molecule has 6 nitrogen and oxygen atoms in total. The molecule has 0 aliphatic carbocycles. The Morgan fingerprint density at radius 2 is 1.48 bits per heavy atom. The predicted molar refractivity (Wildman–Crippen MR) is 127 cm³/mol. The molecule has 2 aromatic carbocycles. The summed E-state index contributed by atoms with van der Waals surface area (Å²) < 4.78 is 0. The van der Waals surface area contributed by atoms with E-state index in [1.54, 1.807) is 0 Å². The Balaban J connectivity index is 1.17. The molecule has 3 amide bonds. The summed E-state index contributed by atoms with van der Waals surface area (Å²) in [5.41, 5.74) is 2.37. The van der Waals surface area contributed by atoms with Crippen molar-refractivity contribution in [1.29, 1.82) is 0 Å². The number of hydrogen-bond donors (Lipinski definition) is 1. The van der Waals surface area contributed by atoms with Crippen LogP contribution in [-0.2, 0) is 27.2 Å². The second-order valence-corrected chi connectivity index (χ2v) is 9.13. The van der Waals surface area contributed by atoms with E-state index in [2.05, 4.69) is 17.4 Å². The van der Waals surface area contributed by atoms with Crippen LogP contribution in [0.15, 0.2) is 60.7 Å². The number of hydrogen-bond acceptors (Lipinski definition) is 3. The first kappa shape index (κ1) is 23.0. The molecule has 4 rings (SSSR count). The molecular formula is C27H33N3O3. The standard InChI is InChI=1S/C27H33N3O3/c31-25(12-11-21-7-3-1-4-8-21)28-24-14-17-29(18-15-24)27(33)23-19-26(32)30(20-23)16-13-22-9-5-2-6-10-22/h1-10,23-24H,11-20H2,(H,28,31). The van der Waals surface area contributed by atoms with Crippen LogP contribution < -0.4 is 5.32 Å². The van der Waals surface area contributed by atoms with Crippen LogP contribution in [0.1, 0.15) is 36.8 Å². The number of amides is 3. The van der Waals surface area contributed by atoms with Crippen molar-refractivity contribution >= 4 is 17.7 Å². The first-order chi connectivity index (χ1) is 16.1. The molecule has 6 heteroatoms. The van der Waals surface area contributed by atoms with Gasteiger partial charge < -0.3 is 15.1 Å². The summed E-state index contributed by atoms with van der Waals surface area (Å²) >= 11 is 0. The van der Waals surface area contributed by atoms with Crippen molar-refractivity contribution in [3.63, 3.8) is 0 Å². The van der Waals surface area contributed by atoms with Crippen LogP contribution in [0.4, 0.5) is 0 Å². The number of carbonyl (C=O) groups is 3.